The van der Waals surface area contributed by atoms with Gasteiger partial charge in [0.15, 0.2) is 14.5 Å². The number of carbonyl (C=O) groups excluding carboxylic acids is 1. The molecule has 0 aliphatic carbocycles. The van der Waals surface area contributed by atoms with E-state index in [-0.39, 0.29) is 17.5 Å². The number of carbonyl (C=O) groups is 1. The van der Waals surface area contributed by atoms with Crippen LogP contribution in [0.15, 0.2) is 132 Å². The van der Waals surface area contributed by atoms with Gasteiger partial charge in [0.1, 0.15) is 35.5 Å². The van der Waals surface area contributed by atoms with Crippen LogP contribution in [0.4, 0.5) is 5.82 Å². The summed E-state index contributed by atoms with van der Waals surface area (Å²) in [5, 5.41) is 14.5. The molecular formula is C42H47N3O7Si. The van der Waals surface area contributed by atoms with Crippen molar-refractivity contribution >= 4 is 20.0 Å². The van der Waals surface area contributed by atoms with Crippen LogP contribution in [0.5, 0.6) is 5.75 Å². The van der Waals surface area contributed by atoms with E-state index >= 15 is 0 Å². The summed E-state index contributed by atoms with van der Waals surface area (Å²) in [4.78, 5) is 30.6. The van der Waals surface area contributed by atoms with Crippen molar-refractivity contribution < 1.29 is 28.5 Å². The van der Waals surface area contributed by atoms with E-state index in [2.05, 4.69) is 44.2 Å². The second-order valence-electron chi connectivity index (χ2n) is 14.7. The van der Waals surface area contributed by atoms with E-state index in [0.29, 0.717) is 11.3 Å². The molecule has 2 heterocycles. The van der Waals surface area contributed by atoms with Gasteiger partial charge in [0, 0.05) is 11.8 Å². The maximum atomic E-state index is 13.6. The van der Waals surface area contributed by atoms with Crippen LogP contribution in [-0.4, -0.2) is 60.9 Å². The first-order chi connectivity index (χ1) is 25.3. The van der Waals surface area contributed by atoms with Crippen molar-refractivity contribution in [3.05, 3.63) is 160 Å². The summed E-state index contributed by atoms with van der Waals surface area (Å²) in [6, 6.07) is 37.8. The van der Waals surface area contributed by atoms with Crippen molar-refractivity contribution in [1.29, 1.82) is 0 Å². The normalized spacial score (nSPS) is 19.2. The van der Waals surface area contributed by atoms with Gasteiger partial charge in [-0.1, -0.05) is 112 Å². The van der Waals surface area contributed by atoms with Crippen LogP contribution < -0.4 is 15.7 Å². The molecule has 1 aliphatic rings. The number of hydrogen-bond acceptors (Lipinski definition) is 8. The molecule has 11 heteroatoms. The monoisotopic (exact) mass is 733 g/mol. The van der Waals surface area contributed by atoms with Crippen molar-refractivity contribution in [2.45, 2.75) is 69.0 Å². The van der Waals surface area contributed by atoms with Gasteiger partial charge in [0.05, 0.1) is 13.7 Å². The smallest absolute Gasteiger partial charge is 0.351 e. The van der Waals surface area contributed by atoms with Gasteiger partial charge in [0.2, 0.25) is 0 Å². The van der Waals surface area contributed by atoms with Gasteiger partial charge >= 0.3 is 5.69 Å². The number of benzene rings is 4. The maximum Gasteiger partial charge on any atom is 0.351 e. The molecule has 1 aromatic heterocycles. The Morgan fingerprint density at radius 1 is 0.849 bits per heavy atom. The highest BCUT2D eigenvalue weighted by molar-refractivity contribution is 6.74. The SMILES string of the molecule is COc1ccc(C(OC[C@@H]2O[C@H](n3ccc(NC(=O)c4ccccc4)nc3=O)[C@@H](O[Si](C)(C)C(C)(C)C)[C@H]2O)(c2ccccc2)c2ccccc2)cc1. The van der Waals surface area contributed by atoms with E-state index in [4.69, 9.17) is 18.6 Å². The van der Waals surface area contributed by atoms with Crippen molar-refractivity contribution in [3.8, 4) is 5.75 Å². The summed E-state index contributed by atoms with van der Waals surface area (Å²) in [6.45, 7) is 10.4. The van der Waals surface area contributed by atoms with Crippen LogP contribution in [0.25, 0.3) is 0 Å². The van der Waals surface area contributed by atoms with Crippen molar-refractivity contribution in [2.24, 2.45) is 0 Å². The number of nitrogens with one attached hydrogen (secondary N) is 1. The van der Waals surface area contributed by atoms with Gasteiger partial charge in [-0.25, -0.2) is 4.79 Å². The molecule has 1 saturated heterocycles. The highest BCUT2D eigenvalue weighted by Crippen LogP contribution is 2.44. The number of aromatic nitrogens is 2. The Labute approximate surface area is 311 Å². The van der Waals surface area contributed by atoms with Crippen molar-refractivity contribution in [2.75, 3.05) is 19.0 Å². The molecule has 4 atom stereocenters. The first-order valence-corrected chi connectivity index (χ1v) is 20.6. The highest BCUT2D eigenvalue weighted by Gasteiger charge is 2.51. The van der Waals surface area contributed by atoms with Crippen LogP contribution >= 0.6 is 0 Å². The average Bonchev–Trinajstić information content (AvgIpc) is 3.46. The van der Waals surface area contributed by atoms with Crippen LogP contribution in [0, 0.1) is 0 Å². The third-order valence-electron chi connectivity index (χ3n) is 10.3. The highest BCUT2D eigenvalue weighted by atomic mass is 28.4. The van der Waals surface area contributed by atoms with Gasteiger partial charge in [0.25, 0.3) is 5.91 Å². The molecule has 0 unspecified atom stereocenters. The Kier molecular flexibility index (Phi) is 11.1. The lowest BCUT2D eigenvalue weighted by atomic mass is 9.80. The fraction of sp³-hybridized carbons (Fsp3) is 0.310. The minimum absolute atomic E-state index is 0.0573. The summed E-state index contributed by atoms with van der Waals surface area (Å²) in [5.74, 6) is 0.406. The Hall–Kier alpha value is -4.91. The largest absolute Gasteiger partial charge is 0.497 e. The van der Waals surface area contributed by atoms with Crippen LogP contribution in [0.1, 0.15) is 54.0 Å². The average molecular weight is 734 g/mol. The molecule has 0 spiro atoms. The number of ether oxygens (including phenoxy) is 3. The molecule has 0 radical (unpaired) electrons. The second kappa shape index (κ2) is 15.6. The molecule has 276 valence electrons. The summed E-state index contributed by atoms with van der Waals surface area (Å²) >= 11 is 0. The van der Waals surface area contributed by atoms with Crippen LogP contribution in [-0.2, 0) is 19.5 Å². The number of amides is 1. The number of rotatable bonds is 12. The summed E-state index contributed by atoms with van der Waals surface area (Å²) in [5.41, 5.74) is 1.26. The third-order valence-corrected chi connectivity index (χ3v) is 14.7. The number of aliphatic hydroxyl groups is 1. The standard InChI is InChI=1S/C42H47N3O7Si/c1-41(2,3)53(5,6)52-37-36(46)34(51-39(37)45-27-26-35(44-40(45)48)43-38(47)29-16-10-7-11-17-29)28-50-42(30-18-12-8-13-19-30,31-20-14-9-15-21-31)32-22-24-33(49-4)25-23-32/h7-27,34,36-37,39,46H,28H2,1-6H3,(H,43,44,47,48)/t34-,36-,37-,39-/m0/s1. The molecule has 0 saturated carbocycles. The van der Waals surface area contributed by atoms with Crippen molar-refractivity contribution in [3.63, 3.8) is 0 Å². The maximum absolute atomic E-state index is 13.6. The number of aliphatic hydroxyl groups excluding tert-OH is 1. The quantitative estimate of drug-likeness (QED) is 0.102. The number of anilines is 1. The molecule has 1 aliphatic heterocycles. The predicted molar refractivity (Wildman–Crippen MR) is 207 cm³/mol. The molecular weight excluding hydrogens is 687 g/mol. The lowest BCUT2D eigenvalue weighted by Gasteiger charge is -2.40. The van der Waals surface area contributed by atoms with E-state index < -0.39 is 50.1 Å². The van der Waals surface area contributed by atoms with Gasteiger partial charge in [-0.05, 0) is 65.2 Å². The van der Waals surface area contributed by atoms with E-state index in [1.165, 1.54) is 16.8 Å². The first kappa shape index (κ1) is 37.8. The second-order valence-corrected chi connectivity index (χ2v) is 19.4. The summed E-state index contributed by atoms with van der Waals surface area (Å²) in [7, 11) is -0.891. The van der Waals surface area contributed by atoms with Gasteiger partial charge in [-0.2, -0.15) is 4.98 Å². The molecule has 2 N–H and O–H groups in total. The van der Waals surface area contributed by atoms with E-state index in [1.54, 1.807) is 31.4 Å². The zero-order chi connectivity index (χ0) is 37.8. The number of nitrogens with zero attached hydrogens (tertiary/aromatic N) is 2. The fourth-order valence-corrected chi connectivity index (χ4v) is 7.60. The summed E-state index contributed by atoms with van der Waals surface area (Å²) in [6.07, 6.45) is -2.51. The summed E-state index contributed by atoms with van der Waals surface area (Å²) < 4.78 is 27.3. The molecule has 5 aromatic rings. The van der Waals surface area contributed by atoms with Crippen LogP contribution in [0.3, 0.4) is 0 Å². The molecule has 0 bridgehead atoms. The Bertz CT molecular complexity index is 2000. The minimum atomic E-state index is -2.52. The minimum Gasteiger partial charge on any atom is -0.497 e. The Morgan fingerprint density at radius 3 is 1.92 bits per heavy atom. The van der Waals surface area contributed by atoms with E-state index in [0.717, 1.165) is 16.7 Å². The molecule has 53 heavy (non-hydrogen) atoms. The number of methoxy groups -OCH3 is 1. The molecule has 6 rings (SSSR count). The molecule has 1 amide bonds. The first-order valence-electron chi connectivity index (χ1n) is 17.7. The van der Waals surface area contributed by atoms with Gasteiger partial charge in [-0.15, -0.1) is 0 Å². The number of hydrogen-bond donors (Lipinski definition) is 2. The Morgan fingerprint density at radius 2 is 1.40 bits per heavy atom. The zero-order valence-corrected chi connectivity index (χ0v) is 31.9. The van der Waals surface area contributed by atoms with Crippen molar-refractivity contribution in [1.82, 2.24) is 9.55 Å². The van der Waals surface area contributed by atoms with E-state index in [1.807, 2.05) is 91.0 Å². The van der Waals surface area contributed by atoms with Gasteiger partial charge in [-0.3, -0.25) is 9.36 Å². The molecule has 4 aromatic carbocycles. The zero-order valence-electron chi connectivity index (χ0n) is 30.9. The lowest BCUT2D eigenvalue weighted by Crippen LogP contribution is -2.49. The predicted octanol–water partition coefficient (Wildman–Crippen LogP) is 7.16. The molecule has 1 fully saturated rings. The van der Waals surface area contributed by atoms with E-state index in [9.17, 15) is 14.7 Å². The topological polar surface area (TPSA) is 121 Å². The lowest BCUT2D eigenvalue weighted by molar-refractivity contribution is -0.0956. The fourth-order valence-electron chi connectivity index (χ4n) is 6.31. The van der Waals surface area contributed by atoms with Crippen LogP contribution in [0.2, 0.25) is 18.1 Å². The van der Waals surface area contributed by atoms with Gasteiger partial charge < -0.3 is 29.1 Å². The Balaban J connectivity index is 1.36. The third kappa shape index (κ3) is 7.90. The molecule has 10 nitrogen and oxygen atoms in total.